The molecule has 0 spiro atoms. The first-order valence-electron chi connectivity index (χ1n) is 3.08. The van der Waals surface area contributed by atoms with Gasteiger partial charge in [0, 0.05) is 16.5 Å². The molecule has 0 aromatic heterocycles. The molecule has 18 heavy (non-hydrogen) atoms. The third-order valence-electron chi connectivity index (χ3n) is 0.757. The van der Waals surface area contributed by atoms with Crippen LogP contribution in [0.25, 0.3) is 0 Å². The number of hydrogen-bond donors (Lipinski definition) is 1. The monoisotopic (exact) mass is 434 g/mol. The number of carboxylic acid groups (broad SMARTS) is 1. The van der Waals surface area contributed by atoms with E-state index in [0.717, 1.165) is 0 Å². The summed E-state index contributed by atoms with van der Waals surface area (Å²) in [6, 6.07) is 0. The Morgan fingerprint density at radius 3 is 1.00 bits per heavy atom. The number of alkyl halides is 9. The summed E-state index contributed by atoms with van der Waals surface area (Å²) in [5.74, 6) is -3.84. The van der Waals surface area contributed by atoms with Gasteiger partial charge in [0.2, 0.25) is 5.78 Å². The number of carbonyl (C=O) groups excluding carboxylic acids is 1. The van der Waals surface area contributed by atoms with Gasteiger partial charge in [-0.25, -0.2) is 4.79 Å². The van der Waals surface area contributed by atoms with Crippen LogP contribution in [-0.4, -0.2) is 30.6 Å². The van der Waals surface area contributed by atoms with Crippen LogP contribution in [0.4, 0.5) is 13.2 Å². The van der Waals surface area contributed by atoms with Crippen LogP contribution in [0.1, 0.15) is 0 Å². The Hall–Kier alpha value is 1.16. The quantitative estimate of drug-likeness (QED) is 0.462. The van der Waals surface area contributed by atoms with Crippen LogP contribution < -0.4 is 0 Å². The van der Waals surface area contributed by atoms with E-state index in [1.54, 1.807) is 0 Å². The summed E-state index contributed by atoms with van der Waals surface area (Å²) in [6.07, 6.45) is -5.08. The molecule has 0 bridgehead atoms. The van der Waals surface area contributed by atoms with E-state index in [0.29, 0.717) is 0 Å². The second-order valence-electron chi connectivity index (χ2n) is 2.13. The molecule has 0 heterocycles. The Morgan fingerprint density at radius 1 is 0.833 bits per heavy atom. The number of ketones is 1. The van der Waals surface area contributed by atoms with Crippen LogP contribution in [0.15, 0.2) is 0 Å². The number of Topliss-reactive ketones (excluding diaryl/α,β-unsaturated/α-hetero) is 1. The Kier molecular flexibility index (Phi) is 11.4. The van der Waals surface area contributed by atoms with Gasteiger partial charge in [-0.1, -0.05) is 69.6 Å². The summed E-state index contributed by atoms with van der Waals surface area (Å²) >= 11 is 30.6. The van der Waals surface area contributed by atoms with Crippen LogP contribution in [0.3, 0.4) is 0 Å². The predicted molar refractivity (Wildman–Crippen MR) is 59.3 cm³/mol. The van der Waals surface area contributed by atoms with E-state index in [4.69, 9.17) is 79.5 Å². The molecule has 0 atom stereocenters. The Bertz CT molecular complexity index is 280. The standard InChI is InChI=1S/C3Cl6O.C2HF3O2.Ni/c4-2(5,6)1(10)3(7,8)9;3-2(4,5)1(6)7;/h;(H,6,7);. The molecule has 0 unspecified atom stereocenters. The van der Waals surface area contributed by atoms with E-state index in [1.807, 2.05) is 0 Å². The van der Waals surface area contributed by atoms with Crippen molar-refractivity contribution in [1.82, 2.24) is 0 Å². The van der Waals surface area contributed by atoms with E-state index < -0.39 is 25.5 Å². The molecule has 0 aromatic carbocycles. The molecular formula is C5HCl6F3NiO3. The topological polar surface area (TPSA) is 54.4 Å². The number of carboxylic acids is 1. The van der Waals surface area contributed by atoms with Gasteiger partial charge < -0.3 is 5.11 Å². The number of hydrogen-bond acceptors (Lipinski definition) is 2. The molecule has 0 fully saturated rings. The zero-order valence-corrected chi connectivity index (χ0v) is 13.0. The molecule has 0 saturated carbocycles. The van der Waals surface area contributed by atoms with Crippen LogP contribution in [0.5, 0.6) is 0 Å². The minimum atomic E-state index is -5.08. The van der Waals surface area contributed by atoms with Crippen LogP contribution in [0, 0.1) is 0 Å². The number of halogens is 9. The molecule has 13 heteroatoms. The van der Waals surface area contributed by atoms with E-state index in [1.165, 1.54) is 0 Å². The van der Waals surface area contributed by atoms with Crippen molar-refractivity contribution in [3.05, 3.63) is 0 Å². The van der Waals surface area contributed by atoms with Crippen molar-refractivity contribution in [2.75, 3.05) is 0 Å². The fourth-order valence-corrected chi connectivity index (χ4v) is 1.45. The molecule has 3 nitrogen and oxygen atoms in total. The molecule has 0 aromatic rings. The van der Waals surface area contributed by atoms with Gasteiger partial charge in [0.15, 0.2) is 0 Å². The summed E-state index contributed by atoms with van der Waals surface area (Å²) in [4.78, 5) is 19.6. The Balaban J connectivity index is -0.000000251. The van der Waals surface area contributed by atoms with Gasteiger partial charge >= 0.3 is 12.1 Å². The zero-order valence-electron chi connectivity index (χ0n) is 7.48. The van der Waals surface area contributed by atoms with Crippen molar-refractivity contribution < 1.29 is 44.4 Å². The van der Waals surface area contributed by atoms with Gasteiger partial charge in [0.1, 0.15) is 0 Å². The van der Waals surface area contributed by atoms with E-state index in [9.17, 15) is 18.0 Å². The van der Waals surface area contributed by atoms with Gasteiger partial charge in [-0.2, -0.15) is 13.2 Å². The summed E-state index contributed by atoms with van der Waals surface area (Å²) < 4.78 is 27.4. The smallest absolute Gasteiger partial charge is 0.475 e. The average Bonchev–Trinajstić information content (AvgIpc) is 1.98. The van der Waals surface area contributed by atoms with Crippen LogP contribution in [-0.2, 0) is 26.1 Å². The first-order chi connectivity index (χ1) is 7.10. The largest absolute Gasteiger partial charge is 0.490 e. The van der Waals surface area contributed by atoms with E-state index in [-0.39, 0.29) is 16.5 Å². The SMILES string of the molecule is O=C(C(Cl)(Cl)Cl)C(Cl)(Cl)Cl.O=C(O)C(F)(F)F.[Ni]. The second kappa shape index (κ2) is 8.45. The third kappa shape index (κ3) is 12.2. The molecule has 0 amide bonds. The Morgan fingerprint density at radius 2 is 1.00 bits per heavy atom. The van der Waals surface area contributed by atoms with Gasteiger partial charge in [-0.15, -0.1) is 0 Å². The molecule has 0 aliphatic carbocycles. The van der Waals surface area contributed by atoms with Crippen molar-refractivity contribution >= 4 is 81.4 Å². The number of rotatable bonds is 0. The normalized spacial score (nSPS) is 11.8. The second-order valence-corrected chi connectivity index (χ2v) is 6.69. The van der Waals surface area contributed by atoms with E-state index in [2.05, 4.69) is 0 Å². The molecule has 0 aliphatic heterocycles. The fourth-order valence-electron chi connectivity index (χ4n) is 0.161. The Labute approximate surface area is 139 Å². The first-order valence-corrected chi connectivity index (χ1v) is 5.35. The molecule has 1 N–H and O–H groups in total. The number of carbonyl (C=O) groups is 2. The van der Waals surface area contributed by atoms with E-state index >= 15 is 0 Å². The molecule has 0 saturated heterocycles. The van der Waals surface area contributed by atoms with Crippen LogP contribution in [0.2, 0.25) is 0 Å². The van der Waals surface area contributed by atoms with Gasteiger partial charge in [0.25, 0.3) is 7.59 Å². The minimum Gasteiger partial charge on any atom is -0.475 e. The van der Waals surface area contributed by atoms with Gasteiger partial charge in [-0.3, -0.25) is 4.79 Å². The molecular weight excluding hydrogens is 436 g/mol. The molecule has 112 valence electrons. The average molecular weight is 437 g/mol. The molecule has 0 rings (SSSR count). The van der Waals surface area contributed by atoms with Gasteiger partial charge in [-0.05, 0) is 0 Å². The van der Waals surface area contributed by atoms with Crippen molar-refractivity contribution in [3.8, 4) is 0 Å². The fraction of sp³-hybridized carbons (Fsp3) is 0.600. The maximum Gasteiger partial charge on any atom is 0.490 e. The third-order valence-corrected chi connectivity index (χ3v) is 1.79. The maximum atomic E-state index is 10.7. The van der Waals surface area contributed by atoms with Crippen LogP contribution >= 0.6 is 69.6 Å². The van der Waals surface area contributed by atoms with Crippen molar-refractivity contribution in [2.24, 2.45) is 0 Å². The first kappa shape index (κ1) is 24.2. The molecule has 0 aliphatic rings. The predicted octanol–water partition coefficient (Wildman–Crippen LogP) is 3.93. The summed E-state index contributed by atoms with van der Waals surface area (Å²) in [5.41, 5.74) is 0. The zero-order chi connectivity index (χ0) is 14.7. The van der Waals surface area contributed by atoms with Crippen molar-refractivity contribution in [1.29, 1.82) is 0 Å². The minimum absolute atomic E-state index is 0. The molecule has 0 radical (unpaired) electrons. The summed E-state index contributed by atoms with van der Waals surface area (Å²) in [7, 11) is 0. The van der Waals surface area contributed by atoms with Crippen molar-refractivity contribution in [3.63, 3.8) is 0 Å². The van der Waals surface area contributed by atoms with Gasteiger partial charge in [0.05, 0.1) is 0 Å². The number of aliphatic carboxylic acids is 1. The maximum absolute atomic E-state index is 10.7. The summed E-state index contributed by atoms with van der Waals surface area (Å²) in [6.45, 7) is 0. The summed E-state index contributed by atoms with van der Waals surface area (Å²) in [5, 5.41) is 7.12. The van der Waals surface area contributed by atoms with Crippen molar-refractivity contribution in [2.45, 2.75) is 13.8 Å².